The van der Waals surface area contributed by atoms with Crippen molar-refractivity contribution in [1.29, 1.82) is 0 Å². The first kappa shape index (κ1) is 43.3. The molecule has 3 aliphatic rings. The fourth-order valence-corrected chi connectivity index (χ4v) is 11.4. The minimum absolute atomic E-state index is 0.0265. The summed E-state index contributed by atoms with van der Waals surface area (Å²) in [6, 6.07) is 57.9. The van der Waals surface area contributed by atoms with E-state index >= 15 is 0 Å². The van der Waals surface area contributed by atoms with Crippen LogP contribution in [0, 0.1) is 0 Å². The largest absolute Gasteiger partial charge is 0.497 e. The van der Waals surface area contributed by atoms with Crippen LogP contribution in [0.2, 0.25) is 0 Å². The molecule has 10 aromatic rings. The van der Waals surface area contributed by atoms with E-state index in [1.165, 1.54) is 27.1 Å². The Kier molecular flexibility index (Phi) is 9.71. The molecule has 0 radical (unpaired) electrons. The number of hydrogen-bond donors (Lipinski definition) is 0. The standard InChI is InChI=1S/C64H50N4O4/c1-63(2,3)45-34-42-12-13-44-36-51-56(50-32-22-43(35-45)54(42)55(44)50)64(68-60(41-20-30-49(72-7)31-21-41)59(67-62(51)68)40-18-28-48(71-6)29-19-40)52-11-9-8-10-37(52)23-33-53(64)61-65-57(38-14-24-46(69-4)25-15-38)58(66-61)39-16-26-47(70-5)27-17-39/h8-36H,1-7H3. The Morgan fingerprint density at radius 1 is 0.500 bits per heavy atom. The average molecular weight is 939 g/mol. The van der Waals surface area contributed by atoms with Gasteiger partial charge in [-0.25, -0.2) is 15.0 Å². The molecule has 1 aliphatic carbocycles. The Hall–Kier alpha value is -8.75. The molecule has 350 valence electrons. The molecule has 1 aromatic heterocycles. The van der Waals surface area contributed by atoms with Crippen molar-refractivity contribution in [3.8, 4) is 56.9 Å². The van der Waals surface area contributed by atoms with Crippen LogP contribution in [0.15, 0.2) is 191 Å². The number of allylic oxidation sites excluding steroid dienone is 2. The molecule has 8 heteroatoms. The summed E-state index contributed by atoms with van der Waals surface area (Å²) in [7, 11) is 6.77. The van der Waals surface area contributed by atoms with Crippen molar-refractivity contribution >= 4 is 49.8 Å². The molecular formula is C64H50N4O4. The van der Waals surface area contributed by atoms with Crippen molar-refractivity contribution in [3.63, 3.8) is 0 Å². The maximum atomic E-state index is 5.84. The van der Waals surface area contributed by atoms with E-state index in [0.717, 1.165) is 112 Å². The second kappa shape index (κ2) is 16.2. The Morgan fingerprint density at radius 3 is 1.54 bits per heavy atom. The van der Waals surface area contributed by atoms with Crippen LogP contribution in [-0.4, -0.2) is 49.4 Å². The summed E-state index contributed by atoms with van der Waals surface area (Å²) in [5.74, 6) is 4.52. The van der Waals surface area contributed by atoms with Gasteiger partial charge in [-0.3, -0.25) is 0 Å². The number of imidazole rings is 1. The molecule has 2 aliphatic heterocycles. The van der Waals surface area contributed by atoms with Gasteiger partial charge in [-0.1, -0.05) is 93.6 Å². The number of nitrogens with zero attached hydrogens (tertiary/aromatic N) is 4. The minimum atomic E-state index is -1.06. The van der Waals surface area contributed by atoms with E-state index in [4.69, 9.17) is 33.9 Å². The summed E-state index contributed by atoms with van der Waals surface area (Å²) in [6.07, 6.45) is 4.48. The lowest BCUT2D eigenvalue weighted by Gasteiger charge is -2.40. The highest BCUT2D eigenvalue weighted by Crippen LogP contribution is 2.61. The third-order valence-electron chi connectivity index (χ3n) is 14.9. The first-order chi connectivity index (χ1) is 35.1. The fraction of sp³-hybridized carbons (Fsp3) is 0.141. The molecule has 1 spiro atoms. The molecule has 1 atom stereocenters. The summed E-state index contributed by atoms with van der Waals surface area (Å²) in [6.45, 7) is 6.86. The molecule has 0 saturated carbocycles. The van der Waals surface area contributed by atoms with E-state index < -0.39 is 5.54 Å². The summed E-state index contributed by atoms with van der Waals surface area (Å²) >= 11 is 0. The Balaban J connectivity index is 1.21. The molecule has 72 heavy (non-hydrogen) atoms. The third-order valence-corrected chi connectivity index (χ3v) is 14.9. The molecule has 1 unspecified atom stereocenters. The smallest absolute Gasteiger partial charge is 0.159 e. The number of aliphatic imine (C=N–C) groups is 2. The zero-order valence-electron chi connectivity index (χ0n) is 41.2. The highest BCUT2D eigenvalue weighted by Gasteiger charge is 2.54. The Labute approximate surface area is 418 Å². The van der Waals surface area contributed by atoms with Gasteiger partial charge in [-0.2, -0.15) is 0 Å². The first-order valence-corrected chi connectivity index (χ1v) is 24.3. The highest BCUT2D eigenvalue weighted by atomic mass is 16.5. The van der Waals surface area contributed by atoms with Crippen LogP contribution in [0.4, 0.5) is 0 Å². The number of methoxy groups -OCH3 is 4. The number of hydrogen-bond acceptors (Lipinski definition) is 7. The van der Waals surface area contributed by atoms with Gasteiger partial charge in [0.2, 0.25) is 0 Å². The van der Waals surface area contributed by atoms with Crippen LogP contribution in [0.1, 0.15) is 54.2 Å². The molecular weight excluding hydrogens is 889 g/mol. The van der Waals surface area contributed by atoms with E-state index in [9.17, 15) is 0 Å². The van der Waals surface area contributed by atoms with Gasteiger partial charge in [0, 0.05) is 39.0 Å². The predicted octanol–water partition coefficient (Wildman–Crippen LogP) is 14.4. The summed E-state index contributed by atoms with van der Waals surface area (Å²) < 4.78 is 25.2. The van der Waals surface area contributed by atoms with Gasteiger partial charge >= 0.3 is 0 Å². The molecule has 0 amide bonds. The predicted molar refractivity (Wildman–Crippen MR) is 292 cm³/mol. The first-order valence-electron chi connectivity index (χ1n) is 24.3. The van der Waals surface area contributed by atoms with Crippen LogP contribution in [0.3, 0.4) is 0 Å². The van der Waals surface area contributed by atoms with Gasteiger partial charge in [-0.15, -0.1) is 0 Å². The van der Waals surface area contributed by atoms with E-state index in [1.807, 2.05) is 48.5 Å². The van der Waals surface area contributed by atoms with Crippen LogP contribution in [-0.2, 0) is 11.0 Å². The van der Waals surface area contributed by atoms with Gasteiger partial charge in [0.15, 0.2) is 5.82 Å². The van der Waals surface area contributed by atoms with E-state index in [2.05, 4.69) is 153 Å². The average Bonchev–Trinajstić information content (AvgIpc) is 4.13. The van der Waals surface area contributed by atoms with Gasteiger partial charge in [-0.05, 0) is 158 Å². The normalized spacial score (nSPS) is 15.8. The third kappa shape index (κ3) is 6.34. The van der Waals surface area contributed by atoms with Crippen molar-refractivity contribution in [2.24, 2.45) is 9.98 Å². The molecule has 13 rings (SSSR count). The second-order valence-corrected chi connectivity index (χ2v) is 19.8. The van der Waals surface area contributed by atoms with E-state index in [0.29, 0.717) is 5.82 Å². The number of benzene rings is 9. The summed E-state index contributed by atoms with van der Waals surface area (Å²) in [5, 5.41) is 7.24. The molecule has 0 saturated heterocycles. The summed E-state index contributed by atoms with van der Waals surface area (Å²) in [5.41, 5.74) is 12.6. The van der Waals surface area contributed by atoms with Crippen molar-refractivity contribution in [1.82, 2.24) is 9.55 Å². The Bertz CT molecular complexity index is 3880. The Morgan fingerprint density at radius 2 is 1.00 bits per heavy atom. The minimum Gasteiger partial charge on any atom is -0.497 e. The fourth-order valence-electron chi connectivity index (χ4n) is 11.4. The van der Waals surface area contributed by atoms with Crippen LogP contribution >= 0.6 is 0 Å². The van der Waals surface area contributed by atoms with E-state index in [1.54, 1.807) is 28.4 Å². The number of rotatable bonds is 8. The van der Waals surface area contributed by atoms with Crippen molar-refractivity contribution < 1.29 is 18.9 Å². The highest BCUT2D eigenvalue weighted by molar-refractivity contribution is 6.55. The summed E-state index contributed by atoms with van der Waals surface area (Å²) in [4.78, 5) is 17.2. The van der Waals surface area contributed by atoms with Crippen LogP contribution in [0.25, 0.3) is 72.3 Å². The maximum absolute atomic E-state index is 5.84. The zero-order chi connectivity index (χ0) is 49.0. The lowest BCUT2D eigenvalue weighted by Crippen LogP contribution is -2.38. The molecule has 0 N–H and O–H groups in total. The number of fused-ring (bicyclic) bond motifs is 8. The van der Waals surface area contributed by atoms with Crippen LogP contribution in [0.5, 0.6) is 23.0 Å². The molecule has 8 nitrogen and oxygen atoms in total. The van der Waals surface area contributed by atoms with Gasteiger partial charge in [0.25, 0.3) is 0 Å². The quantitative estimate of drug-likeness (QED) is 0.142. The lowest BCUT2D eigenvalue weighted by molar-refractivity contribution is 0.414. The SMILES string of the molecule is COc1ccc(C2=NC(=C3C=Cc4ccccc4C34c3c(cc5ccc6cc(C(C)(C)C)cc7ccc3c5c67)-c3nc(-c5ccc(OC)cc5)c(-c5ccc(OC)cc5)n34)N=C2c2ccc(OC)cc2)cc1. The van der Waals surface area contributed by atoms with Gasteiger partial charge in [0.1, 0.15) is 34.4 Å². The molecule has 3 heterocycles. The maximum Gasteiger partial charge on any atom is 0.159 e. The monoisotopic (exact) mass is 938 g/mol. The van der Waals surface area contributed by atoms with Crippen molar-refractivity contribution in [2.75, 3.05) is 28.4 Å². The van der Waals surface area contributed by atoms with Gasteiger partial charge in [0.05, 0.1) is 51.3 Å². The van der Waals surface area contributed by atoms with Crippen molar-refractivity contribution in [3.05, 3.63) is 215 Å². The number of aromatic nitrogens is 2. The van der Waals surface area contributed by atoms with Crippen molar-refractivity contribution in [2.45, 2.75) is 31.7 Å². The molecule has 0 bridgehead atoms. The zero-order valence-corrected chi connectivity index (χ0v) is 41.2. The topological polar surface area (TPSA) is 79.5 Å². The molecule has 0 fully saturated rings. The second-order valence-electron chi connectivity index (χ2n) is 19.8. The molecule has 9 aromatic carbocycles. The van der Waals surface area contributed by atoms with Gasteiger partial charge < -0.3 is 23.5 Å². The number of ether oxygens (including phenoxy) is 4. The lowest BCUT2D eigenvalue weighted by atomic mass is 9.69. The van der Waals surface area contributed by atoms with E-state index in [-0.39, 0.29) is 5.41 Å². The van der Waals surface area contributed by atoms with Crippen LogP contribution < -0.4 is 18.9 Å².